The Kier molecular flexibility index (Phi) is 6.43. The summed E-state index contributed by atoms with van der Waals surface area (Å²) >= 11 is 9.56. The Morgan fingerprint density at radius 2 is 1.94 bits per heavy atom. The summed E-state index contributed by atoms with van der Waals surface area (Å²) in [6.07, 6.45) is 1.30. The minimum Gasteiger partial charge on any atom is -0.487 e. The van der Waals surface area contributed by atoms with E-state index in [0.717, 1.165) is 4.68 Å². The van der Waals surface area contributed by atoms with E-state index in [2.05, 4.69) is 26.0 Å². The van der Waals surface area contributed by atoms with Gasteiger partial charge < -0.3 is 14.8 Å². The monoisotopic (exact) mass is 527 g/mol. The molecule has 0 fully saturated rings. The molecule has 2 N–H and O–H groups in total. The molecule has 0 aliphatic rings. The van der Waals surface area contributed by atoms with E-state index in [4.69, 9.17) is 21.4 Å². The summed E-state index contributed by atoms with van der Waals surface area (Å²) in [6.45, 7) is 0.0682. The van der Waals surface area contributed by atoms with Crippen molar-refractivity contribution in [1.29, 1.82) is 0 Å². The number of para-hydroxylation sites is 1. The Morgan fingerprint density at radius 1 is 1.15 bits per heavy atom. The molecular weight excluding hydrogens is 514 g/mol. The van der Waals surface area contributed by atoms with E-state index in [1.807, 2.05) is 0 Å². The minimum atomic E-state index is -1.04. The van der Waals surface area contributed by atoms with Crippen LogP contribution in [0.2, 0.25) is 5.02 Å². The molecule has 8 nitrogen and oxygen atoms in total. The van der Waals surface area contributed by atoms with Gasteiger partial charge in [-0.2, -0.15) is 5.10 Å². The number of hydrogen-bond acceptors (Lipinski definition) is 5. The van der Waals surface area contributed by atoms with Crippen LogP contribution in [-0.4, -0.2) is 27.0 Å². The highest BCUT2D eigenvalue weighted by molar-refractivity contribution is 9.10. The molecule has 10 heteroatoms. The van der Waals surface area contributed by atoms with Crippen LogP contribution < -0.4 is 16.0 Å². The molecule has 0 aliphatic heterocycles. The lowest BCUT2D eigenvalue weighted by Gasteiger charge is -2.12. The first kappa shape index (κ1) is 22.5. The number of halogens is 2. The van der Waals surface area contributed by atoms with Crippen LogP contribution in [0, 0.1) is 0 Å². The van der Waals surface area contributed by atoms with E-state index >= 15 is 0 Å². The zero-order valence-corrected chi connectivity index (χ0v) is 19.1. The number of nitrogens with one attached hydrogen (secondary N) is 1. The van der Waals surface area contributed by atoms with Crippen LogP contribution in [0.5, 0.6) is 5.75 Å². The number of nitrogens with zero attached hydrogens (tertiary/aromatic N) is 2. The molecule has 1 heterocycles. The fourth-order valence-corrected chi connectivity index (χ4v) is 4.10. The number of carboxylic acid groups (broad SMARTS) is 1. The number of benzene rings is 3. The van der Waals surface area contributed by atoms with Gasteiger partial charge in [0.15, 0.2) is 0 Å². The first-order valence-corrected chi connectivity index (χ1v) is 10.7. The zero-order chi connectivity index (χ0) is 23.5. The number of hydrogen-bond donors (Lipinski definition) is 2. The Labute approximate surface area is 199 Å². The Bertz CT molecular complexity index is 1530. The summed E-state index contributed by atoms with van der Waals surface area (Å²) in [5, 5.41) is 13.9. The maximum atomic E-state index is 12.7. The van der Waals surface area contributed by atoms with E-state index in [1.165, 1.54) is 18.3 Å². The second-order valence-corrected chi connectivity index (χ2v) is 8.23. The van der Waals surface area contributed by atoms with Crippen molar-refractivity contribution in [3.63, 3.8) is 0 Å². The van der Waals surface area contributed by atoms with Gasteiger partial charge in [0.2, 0.25) is 0 Å². The van der Waals surface area contributed by atoms with Gasteiger partial charge in [-0.05, 0) is 57.9 Å². The topological polar surface area (TPSA) is 114 Å². The fourth-order valence-electron chi connectivity index (χ4n) is 3.16. The number of aromatic carboxylic acids is 1. The molecule has 0 saturated carbocycles. The molecule has 4 aromatic rings. The van der Waals surface area contributed by atoms with Gasteiger partial charge in [-0.25, -0.2) is 9.59 Å². The molecule has 33 heavy (non-hydrogen) atoms. The average Bonchev–Trinajstić information content (AvgIpc) is 2.78. The summed E-state index contributed by atoms with van der Waals surface area (Å²) in [4.78, 5) is 38.9. The van der Waals surface area contributed by atoms with Gasteiger partial charge in [-0.15, -0.1) is 4.68 Å². The van der Waals surface area contributed by atoms with E-state index in [9.17, 15) is 14.4 Å². The number of H-pyrrole nitrogens is 1. The van der Waals surface area contributed by atoms with Crippen LogP contribution in [0.3, 0.4) is 0 Å². The number of carbonyl (C=O) groups is 1. The van der Waals surface area contributed by atoms with Crippen molar-refractivity contribution in [2.75, 3.05) is 0 Å². The van der Waals surface area contributed by atoms with Crippen molar-refractivity contribution in [3.8, 4) is 5.75 Å². The standard InChI is InChI=1S/C23H15BrClN3O5/c24-18-10-16(25)9-15(20(18)33-12-13-4-3-5-14(8-13)22(30)31)11-26-28-21(29)17-6-1-2-7-19(17)27-23(28)32/h1-11H,12H2,(H,27,32)(H,30,31). The molecule has 166 valence electrons. The van der Waals surface area contributed by atoms with Crippen LogP contribution in [0.1, 0.15) is 21.5 Å². The van der Waals surface area contributed by atoms with Gasteiger partial charge in [0.05, 0.1) is 27.2 Å². The molecule has 1 aromatic heterocycles. The number of ether oxygens (including phenoxy) is 1. The summed E-state index contributed by atoms with van der Waals surface area (Å²) in [6, 6.07) is 16.2. The van der Waals surface area contributed by atoms with Crippen molar-refractivity contribution < 1.29 is 14.6 Å². The third kappa shape index (κ3) is 4.89. The van der Waals surface area contributed by atoms with Crippen molar-refractivity contribution >= 4 is 50.6 Å². The van der Waals surface area contributed by atoms with Crippen molar-refractivity contribution in [3.05, 3.63) is 108 Å². The Balaban J connectivity index is 1.69. The van der Waals surface area contributed by atoms with Gasteiger partial charge in [0.1, 0.15) is 12.4 Å². The Morgan fingerprint density at radius 3 is 2.73 bits per heavy atom. The summed E-state index contributed by atoms with van der Waals surface area (Å²) < 4.78 is 7.14. The molecule has 0 amide bonds. The average molecular weight is 529 g/mol. The quantitative estimate of drug-likeness (QED) is 0.363. The van der Waals surface area contributed by atoms with Crippen molar-refractivity contribution in [1.82, 2.24) is 9.66 Å². The van der Waals surface area contributed by atoms with Gasteiger partial charge in [0.25, 0.3) is 5.56 Å². The van der Waals surface area contributed by atoms with E-state index < -0.39 is 17.2 Å². The van der Waals surface area contributed by atoms with Crippen LogP contribution in [0.4, 0.5) is 0 Å². The highest BCUT2D eigenvalue weighted by atomic mass is 79.9. The number of carboxylic acids is 1. The predicted molar refractivity (Wildman–Crippen MR) is 129 cm³/mol. The van der Waals surface area contributed by atoms with Crippen molar-refractivity contribution in [2.24, 2.45) is 5.10 Å². The highest BCUT2D eigenvalue weighted by Crippen LogP contribution is 2.32. The molecule has 4 rings (SSSR count). The molecule has 0 unspecified atom stereocenters. The fraction of sp³-hybridized carbons (Fsp3) is 0.0435. The second kappa shape index (κ2) is 9.43. The third-order valence-electron chi connectivity index (χ3n) is 4.69. The SMILES string of the molecule is O=C(O)c1cccc(COc2c(Br)cc(Cl)cc2C=Nn2c(=O)[nH]c3ccccc3c2=O)c1. The number of aromatic nitrogens is 2. The molecule has 0 radical (unpaired) electrons. The van der Waals surface area contributed by atoms with E-state index in [1.54, 1.807) is 48.5 Å². The summed E-state index contributed by atoms with van der Waals surface area (Å²) in [5.74, 6) is -0.683. The molecule has 0 bridgehead atoms. The molecule has 0 spiro atoms. The lowest BCUT2D eigenvalue weighted by Crippen LogP contribution is -2.32. The van der Waals surface area contributed by atoms with E-state index in [-0.39, 0.29) is 12.2 Å². The number of fused-ring (bicyclic) bond motifs is 1. The number of rotatable bonds is 6. The van der Waals surface area contributed by atoms with Crippen LogP contribution >= 0.6 is 27.5 Å². The maximum absolute atomic E-state index is 12.7. The molecule has 3 aromatic carbocycles. The Hall–Kier alpha value is -3.69. The first-order valence-electron chi connectivity index (χ1n) is 9.56. The van der Waals surface area contributed by atoms with Gasteiger partial charge in [-0.3, -0.25) is 4.79 Å². The van der Waals surface area contributed by atoms with Crippen LogP contribution in [0.25, 0.3) is 10.9 Å². The van der Waals surface area contributed by atoms with E-state index in [0.29, 0.717) is 37.3 Å². The zero-order valence-electron chi connectivity index (χ0n) is 16.8. The van der Waals surface area contributed by atoms with Gasteiger partial charge >= 0.3 is 11.7 Å². The normalized spacial score (nSPS) is 11.2. The largest absolute Gasteiger partial charge is 0.487 e. The lowest BCUT2D eigenvalue weighted by atomic mass is 10.1. The maximum Gasteiger partial charge on any atom is 0.349 e. The smallest absolute Gasteiger partial charge is 0.349 e. The third-order valence-corrected chi connectivity index (χ3v) is 5.50. The van der Waals surface area contributed by atoms with Crippen LogP contribution in [0.15, 0.2) is 79.8 Å². The molecule has 0 atom stereocenters. The molecule has 0 saturated heterocycles. The second-order valence-electron chi connectivity index (χ2n) is 6.94. The lowest BCUT2D eigenvalue weighted by molar-refractivity contribution is 0.0696. The predicted octanol–water partition coefficient (Wildman–Crippen LogP) is 4.27. The summed E-state index contributed by atoms with van der Waals surface area (Å²) in [5.41, 5.74) is 0.341. The van der Waals surface area contributed by atoms with Gasteiger partial charge in [-0.1, -0.05) is 35.9 Å². The first-order chi connectivity index (χ1) is 15.8. The minimum absolute atomic E-state index is 0.0682. The van der Waals surface area contributed by atoms with Gasteiger partial charge in [0, 0.05) is 10.6 Å². The molecule has 0 aliphatic carbocycles. The summed E-state index contributed by atoms with van der Waals surface area (Å²) in [7, 11) is 0. The molecular formula is C23H15BrClN3O5. The number of aromatic amines is 1. The van der Waals surface area contributed by atoms with Crippen LogP contribution in [-0.2, 0) is 6.61 Å². The van der Waals surface area contributed by atoms with Crippen molar-refractivity contribution in [2.45, 2.75) is 6.61 Å². The highest BCUT2D eigenvalue weighted by Gasteiger charge is 2.12.